The van der Waals surface area contributed by atoms with Crippen LogP contribution in [0.4, 0.5) is 11.8 Å². The van der Waals surface area contributed by atoms with Crippen molar-refractivity contribution in [3.05, 3.63) is 29.7 Å². The van der Waals surface area contributed by atoms with Crippen molar-refractivity contribution in [1.82, 2.24) is 14.9 Å². The topological polar surface area (TPSA) is 87.3 Å². The first-order chi connectivity index (χ1) is 11.2. The van der Waals surface area contributed by atoms with E-state index < -0.39 is 0 Å². The molecule has 1 atom stereocenters. The molecular formula is C17H25N5O. The molecule has 1 unspecified atom stereocenters. The number of nitrogens with two attached hydrogens (primary N) is 1. The molecule has 3 rings (SSSR count). The predicted octanol–water partition coefficient (Wildman–Crippen LogP) is 2.57. The third-order valence-corrected chi connectivity index (χ3v) is 4.57. The van der Waals surface area contributed by atoms with E-state index in [1.807, 2.05) is 18.2 Å². The van der Waals surface area contributed by atoms with Gasteiger partial charge in [-0.05, 0) is 44.8 Å². The number of hydrogen-bond acceptors (Lipinski definition) is 6. The Hall–Kier alpha value is -2.08. The van der Waals surface area contributed by atoms with Gasteiger partial charge >= 0.3 is 0 Å². The van der Waals surface area contributed by atoms with Gasteiger partial charge in [0.1, 0.15) is 11.6 Å². The van der Waals surface area contributed by atoms with E-state index in [1.165, 1.54) is 19.4 Å². The summed E-state index contributed by atoms with van der Waals surface area (Å²) in [5, 5.41) is 13.4. The number of allylic oxidation sites excluding steroid dienone is 3. The number of rotatable bonds is 5. The van der Waals surface area contributed by atoms with Crippen LogP contribution < -0.4 is 11.1 Å². The lowest BCUT2D eigenvalue weighted by Gasteiger charge is -2.23. The highest BCUT2D eigenvalue weighted by atomic mass is 16.3. The second kappa shape index (κ2) is 7.00. The van der Waals surface area contributed by atoms with E-state index in [0.29, 0.717) is 11.7 Å². The molecular weight excluding hydrogens is 290 g/mol. The lowest BCUT2D eigenvalue weighted by molar-refractivity contribution is 0.277. The number of hydrogen-bond donors (Lipinski definition) is 3. The number of nitrogens with one attached hydrogen (secondary N) is 1. The van der Waals surface area contributed by atoms with Gasteiger partial charge in [-0.1, -0.05) is 13.0 Å². The van der Waals surface area contributed by atoms with E-state index in [1.54, 1.807) is 0 Å². The number of aliphatic hydroxyl groups is 1. The minimum atomic E-state index is 0.225. The Bertz CT molecular complexity index is 625. The zero-order chi connectivity index (χ0) is 16.2. The fraction of sp³-hybridized carbons (Fsp3) is 0.529. The van der Waals surface area contributed by atoms with Gasteiger partial charge in [-0.25, -0.2) is 4.98 Å². The fourth-order valence-corrected chi connectivity index (χ4v) is 3.36. The number of likely N-dealkylation sites (N-methyl/N-ethyl adjacent to an activating group) is 1. The smallest absolute Gasteiger partial charge is 0.222 e. The van der Waals surface area contributed by atoms with E-state index in [-0.39, 0.29) is 11.7 Å². The molecule has 6 heteroatoms. The molecule has 1 aromatic heterocycles. The molecule has 1 fully saturated rings. The Morgan fingerprint density at radius 2 is 2.17 bits per heavy atom. The molecule has 0 radical (unpaired) electrons. The van der Waals surface area contributed by atoms with Crippen LogP contribution in [0.2, 0.25) is 0 Å². The van der Waals surface area contributed by atoms with Crippen LogP contribution in [0.3, 0.4) is 0 Å². The molecule has 1 saturated heterocycles. The summed E-state index contributed by atoms with van der Waals surface area (Å²) in [5.41, 5.74) is 7.26. The molecule has 1 aliphatic heterocycles. The fourth-order valence-electron chi connectivity index (χ4n) is 3.36. The van der Waals surface area contributed by atoms with Gasteiger partial charge in [-0.15, -0.1) is 0 Å². The Morgan fingerprint density at radius 3 is 2.96 bits per heavy atom. The Kier molecular flexibility index (Phi) is 4.81. The Labute approximate surface area is 137 Å². The van der Waals surface area contributed by atoms with Crippen LogP contribution in [0, 0.1) is 0 Å². The van der Waals surface area contributed by atoms with E-state index >= 15 is 0 Å². The Morgan fingerprint density at radius 1 is 1.35 bits per heavy atom. The van der Waals surface area contributed by atoms with Crippen LogP contribution >= 0.6 is 0 Å². The first kappa shape index (κ1) is 15.8. The summed E-state index contributed by atoms with van der Waals surface area (Å²) < 4.78 is 0. The quantitative estimate of drug-likeness (QED) is 0.774. The van der Waals surface area contributed by atoms with Gasteiger partial charge < -0.3 is 16.2 Å². The summed E-state index contributed by atoms with van der Waals surface area (Å²) >= 11 is 0. The summed E-state index contributed by atoms with van der Waals surface area (Å²) in [4.78, 5) is 11.0. The van der Waals surface area contributed by atoms with Crippen LogP contribution in [0.25, 0.3) is 5.57 Å². The normalized spacial score (nSPS) is 21.9. The highest BCUT2D eigenvalue weighted by molar-refractivity contribution is 5.77. The van der Waals surface area contributed by atoms with Crippen LogP contribution in [0.5, 0.6) is 0 Å². The van der Waals surface area contributed by atoms with E-state index in [4.69, 9.17) is 5.73 Å². The minimum absolute atomic E-state index is 0.225. The van der Waals surface area contributed by atoms with E-state index in [0.717, 1.165) is 37.3 Å². The second-order valence-corrected chi connectivity index (χ2v) is 6.09. The van der Waals surface area contributed by atoms with Crippen molar-refractivity contribution in [2.24, 2.45) is 0 Å². The molecule has 0 spiro atoms. The monoisotopic (exact) mass is 315 g/mol. The standard InChI is InChI=1S/C17H25N5O/c1-2-22-9-5-6-12(22)11-19-16-10-14(20-17(18)21-16)13-7-3-4-8-15(13)23/h7-8,10,12,23H,2-6,9,11H2,1H3,(H3,18,19,20,21). The molecule has 124 valence electrons. The summed E-state index contributed by atoms with van der Waals surface area (Å²) in [6.45, 7) is 5.30. The van der Waals surface area contributed by atoms with Gasteiger partial charge in [0.2, 0.25) is 5.95 Å². The largest absolute Gasteiger partial charge is 0.508 e. The zero-order valence-corrected chi connectivity index (χ0v) is 13.6. The molecule has 0 saturated carbocycles. The lowest BCUT2D eigenvalue weighted by atomic mass is 10.0. The van der Waals surface area contributed by atoms with E-state index in [9.17, 15) is 5.11 Å². The number of aromatic nitrogens is 2. The predicted molar refractivity (Wildman–Crippen MR) is 93.1 cm³/mol. The van der Waals surface area contributed by atoms with E-state index in [2.05, 4.69) is 27.1 Å². The maximum absolute atomic E-state index is 10.0. The molecule has 0 amide bonds. The molecule has 2 heterocycles. The van der Waals surface area contributed by atoms with Crippen molar-refractivity contribution >= 4 is 17.3 Å². The highest BCUT2D eigenvalue weighted by Gasteiger charge is 2.22. The van der Waals surface area contributed by atoms with Gasteiger partial charge in [0, 0.05) is 24.2 Å². The van der Waals surface area contributed by atoms with Crippen LogP contribution in [0.1, 0.15) is 38.3 Å². The first-order valence-electron chi connectivity index (χ1n) is 8.40. The number of likely N-dealkylation sites (tertiary alicyclic amines) is 1. The molecule has 0 bridgehead atoms. The van der Waals surface area contributed by atoms with Crippen LogP contribution in [-0.4, -0.2) is 45.7 Å². The molecule has 2 aliphatic rings. The number of nitrogens with zero attached hydrogens (tertiary/aromatic N) is 3. The average Bonchev–Trinajstić information content (AvgIpc) is 3.00. The van der Waals surface area contributed by atoms with Crippen molar-refractivity contribution in [1.29, 1.82) is 0 Å². The molecule has 4 N–H and O–H groups in total. The van der Waals surface area contributed by atoms with Crippen molar-refractivity contribution in [3.8, 4) is 0 Å². The van der Waals surface area contributed by atoms with Gasteiger partial charge in [0.25, 0.3) is 0 Å². The van der Waals surface area contributed by atoms with Gasteiger partial charge in [-0.3, -0.25) is 4.90 Å². The lowest BCUT2D eigenvalue weighted by Crippen LogP contribution is -2.34. The summed E-state index contributed by atoms with van der Waals surface area (Å²) in [6, 6.07) is 2.41. The molecule has 0 aromatic carbocycles. The maximum Gasteiger partial charge on any atom is 0.222 e. The molecule has 1 aromatic rings. The van der Waals surface area contributed by atoms with Crippen molar-refractivity contribution in [3.63, 3.8) is 0 Å². The Balaban J connectivity index is 1.73. The van der Waals surface area contributed by atoms with Gasteiger partial charge in [-0.2, -0.15) is 4.98 Å². The first-order valence-corrected chi connectivity index (χ1v) is 8.40. The van der Waals surface area contributed by atoms with Crippen molar-refractivity contribution < 1.29 is 5.11 Å². The van der Waals surface area contributed by atoms with Crippen molar-refractivity contribution in [2.45, 2.75) is 38.6 Å². The van der Waals surface area contributed by atoms with Crippen LogP contribution in [-0.2, 0) is 0 Å². The number of nitrogen functional groups attached to an aromatic ring is 1. The minimum Gasteiger partial charge on any atom is -0.508 e. The summed E-state index contributed by atoms with van der Waals surface area (Å²) in [7, 11) is 0. The third kappa shape index (κ3) is 3.64. The molecule has 1 aliphatic carbocycles. The third-order valence-electron chi connectivity index (χ3n) is 4.57. The number of aliphatic hydroxyl groups excluding tert-OH is 1. The summed E-state index contributed by atoms with van der Waals surface area (Å²) in [5.74, 6) is 1.21. The van der Waals surface area contributed by atoms with Crippen molar-refractivity contribution in [2.75, 3.05) is 30.7 Å². The molecule has 23 heavy (non-hydrogen) atoms. The second-order valence-electron chi connectivity index (χ2n) is 6.09. The maximum atomic E-state index is 10.0. The average molecular weight is 315 g/mol. The van der Waals surface area contributed by atoms with Gasteiger partial charge in [0.15, 0.2) is 0 Å². The number of anilines is 2. The zero-order valence-electron chi connectivity index (χ0n) is 13.6. The molecule has 6 nitrogen and oxygen atoms in total. The summed E-state index contributed by atoms with van der Waals surface area (Å²) in [6.07, 6.45) is 8.04. The van der Waals surface area contributed by atoms with Gasteiger partial charge in [0.05, 0.1) is 5.69 Å². The SMILES string of the molecule is CCN1CCCC1CNc1cc(C2=CCCC=C2O)nc(N)n1. The highest BCUT2D eigenvalue weighted by Crippen LogP contribution is 2.27. The van der Waals surface area contributed by atoms with Crippen LogP contribution in [0.15, 0.2) is 24.0 Å².